The number of benzene rings is 2. The number of rotatable bonds is 6. The molecule has 0 aliphatic rings. The Morgan fingerprint density at radius 3 is 2.53 bits per heavy atom. The zero-order chi connectivity index (χ0) is 22.1. The molecule has 3 rings (SSSR count). The van der Waals surface area contributed by atoms with Gasteiger partial charge in [0.25, 0.3) is 0 Å². The van der Waals surface area contributed by atoms with Gasteiger partial charge >= 0.3 is 6.18 Å². The van der Waals surface area contributed by atoms with E-state index >= 15 is 0 Å². The normalized spacial score (nSPS) is 15.0. The summed E-state index contributed by atoms with van der Waals surface area (Å²) >= 11 is 6.84. The van der Waals surface area contributed by atoms with Crippen LogP contribution in [0.3, 0.4) is 0 Å². The predicted molar refractivity (Wildman–Crippen MR) is 115 cm³/mol. The lowest BCUT2D eigenvalue weighted by molar-refractivity contribution is -0.256. The van der Waals surface area contributed by atoms with Crippen LogP contribution in [0, 0.1) is 6.92 Å². The fraction of sp³-hybridized carbons (Fsp3) is 0.286. The molecular formula is C21H20ClF3N2O2S. The van der Waals surface area contributed by atoms with Gasteiger partial charge in [-0.25, -0.2) is 0 Å². The second kappa shape index (κ2) is 8.53. The molecule has 1 heterocycles. The Balaban J connectivity index is 2.18. The minimum absolute atomic E-state index is 0.0868. The molecule has 0 radical (unpaired) electrons. The first-order chi connectivity index (χ1) is 14.1. The van der Waals surface area contributed by atoms with E-state index in [-0.39, 0.29) is 16.3 Å². The number of anilines is 1. The van der Waals surface area contributed by atoms with E-state index in [1.165, 1.54) is 24.5 Å². The molecule has 3 aromatic rings. The van der Waals surface area contributed by atoms with Crippen molar-refractivity contribution in [3.63, 3.8) is 0 Å². The number of thioether (sulfide) groups is 1. The molecule has 9 heteroatoms. The zero-order valence-corrected chi connectivity index (χ0v) is 17.7. The summed E-state index contributed by atoms with van der Waals surface area (Å²) in [4.78, 5) is 4.41. The second-order valence-electron chi connectivity index (χ2n) is 6.97. The molecule has 0 bridgehead atoms. The average molecular weight is 457 g/mol. The highest BCUT2D eigenvalue weighted by Gasteiger charge is 2.59. The van der Waals surface area contributed by atoms with E-state index in [1.807, 2.05) is 6.92 Å². The number of aromatic nitrogens is 1. The van der Waals surface area contributed by atoms with Crippen molar-refractivity contribution in [1.82, 2.24) is 4.98 Å². The first-order valence-electron chi connectivity index (χ1n) is 8.96. The van der Waals surface area contributed by atoms with Gasteiger partial charge in [-0.2, -0.15) is 24.9 Å². The van der Waals surface area contributed by atoms with Crippen LogP contribution in [-0.4, -0.2) is 39.0 Å². The lowest BCUT2D eigenvalue weighted by atomic mass is 9.88. The van der Waals surface area contributed by atoms with Crippen LogP contribution >= 0.6 is 23.4 Å². The summed E-state index contributed by atoms with van der Waals surface area (Å²) in [5, 5.41) is 24.0. The van der Waals surface area contributed by atoms with Crippen molar-refractivity contribution < 1.29 is 23.4 Å². The predicted octanol–water partition coefficient (Wildman–Crippen LogP) is 5.71. The van der Waals surface area contributed by atoms with Gasteiger partial charge in [0.05, 0.1) is 16.6 Å². The monoisotopic (exact) mass is 456 g/mol. The van der Waals surface area contributed by atoms with Crippen molar-refractivity contribution in [2.45, 2.75) is 24.7 Å². The molecule has 2 atom stereocenters. The van der Waals surface area contributed by atoms with Crippen LogP contribution in [0.4, 0.5) is 18.9 Å². The largest absolute Gasteiger partial charge is 0.506 e. The lowest BCUT2D eigenvalue weighted by Crippen LogP contribution is -2.54. The Morgan fingerprint density at radius 1 is 1.17 bits per heavy atom. The van der Waals surface area contributed by atoms with Crippen LogP contribution in [0.25, 0.3) is 10.9 Å². The van der Waals surface area contributed by atoms with E-state index < -0.39 is 23.6 Å². The van der Waals surface area contributed by atoms with Crippen molar-refractivity contribution in [1.29, 1.82) is 0 Å². The number of aryl methyl sites for hydroxylation is 1. The minimum Gasteiger partial charge on any atom is -0.506 e. The van der Waals surface area contributed by atoms with E-state index in [0.29, 0.717) is 16.6 Å². The fourth-order valence-electron chi connectivity index (χ4n) is 3.27. The highest BCUT2D eigenvalue weighted by Crippen LogP contribution is 2.45. The van der Waals surface area contributed by atoms with E-state index in [0.717, 1.165) is 17.5 Å². The number of hydrogen-bond acceptors (Lipinski definition) is 5. The quantitative estimate of drug-likeness (QED) is 0.443. The Morgan fingerprint density at radius 2 is 1.90 bits per heavy atom. The van der Waals surface area contributed by atoms with E-state index in [1.54, 1.807) is 30.3 Å². The van der Waals surface area contributed by atoms with Crippen LogP contribution in [0.1, 0.15) is 17.3 Å². The number of phenols is 1. The van der Waals surface area contributed by atoms with E-state index in [2.05, 4.69) is 10.3 Å². The van der Waals surface area contributed by atoms with Gasteiger partial charge in [-0.05, 0) is 55.1 Å². The van der Waals surface area contributed by atoms with E-state index in [4.69, 9.17) is 11.6 Å². The number of fused-ring (bicyclic) bond motifs is 1. The minimum atomic E-state index is -4.93. The first kappa shape index (κ1) is 22.5. The van der Waals surface area contributed by atoms with Gasteiger partial charge in [0, 0.05) is 22.5 Å². The molecule has 4 nitrogen and oxygen atoms in total. The Bertz CT molecular complexity index is 1060. The maximum atomic E-state index is 14.1. The summed E-state index contributed by atoms with van der Waals surface area (Å²) in [7, 11) is 0. The number of halogens is 4. The van der Waals surface area contributed by atoms with Crippen molar-refractivity contribution in [2.75, 3.05) is 17.3 Å². The van der Waals surface area contributed by atoms with E-state index in [9.17, 15) is 23.4 Å². The molecule has 0 fully saturated rings. The fourth-order valence-corrected chi connectivity index (χ4v) is 4.23. The van der Waals surface area contributed by atoms with Gasteiger partial charge in [-0.3, -0.25) is 4.98 Å². The number of hydrogen-bond donors (Lipinski definition) is 3. The molecule has 30 heavy (non-hydrogen) atoms. The van der Waals surface area contributed by atoms with Gasteiger partial charge in [-0.1, -0.05) is 23.7 Å². The molecule has 0 amide bonds. The van der Waals surface area contributed by atoms with Gasteiger partial charge < -0.3 is 15.5 Å². The summed E-state index contributed by atoms with van der Waals surface area (Å²) < 4.78 is 42.2. The van der Waals surface area contributed by atoms with Crippen LogP contribution in [-0.2, 0) is 0 Å². The summed E-state index contributed by atoms with van der Waals surface area (Å²) in [6.07, 6.45) is -3.44. The number of pyridine rings is 1. The number of nitrogens with one attached hydrogen (secondary N) is 1. The third kappa shape index (κ3) is 4.31. The standard InChI is InChI=1S/C21H20ClF3N2O2S/c1-12-6-8-14-16(26-12)4-3-5-17(14)27-19(13-7-9-18(28)15(22)10-13)20(29,11-30-2)21(23,24)25/h3-10,19,27-29H,11H2,1-2H3. The molecule has 0 aliphatic heterocycles. The number of phenolic OH excluding ortho intramolecular Hbond substituents is 1. The Hall–Kier alpha value is -2.16. The number of nitrogens with zero attached hydrogens (tertiary/aromatic N) is 1. The Kier molecular flexibility index (Phi) is 6.40. The van der Waals surface area contributed by atoms with Gasteiger partial charge in [0.15, 0.2) is 5.60 Å². The van der Waals surface area contributed by atoms with Gasteiger partial charge in [0.1, 0.15) is 5.75 Å². The van der Waals surface area contributed by atoms with Crippen LogP contribution in [0.2, 0.25) is 5.02 Å². The number of aliphatic hydroxyl groups is 1. The molecular weight excluding hydrogens is 437 g/mol. The third-order valence-electron chi connectivity index (χ3n) is 4.81. The molecule has 0 saturated carbocycles. The molecule has 0 aliphatic carbocycles. The topological polar surface area (TPSA) is 65.4 Å². The van der Waals surface area contributed by atoms with Crippen molar-refractivity contribution >= 4 is 40.0 Å². The highest BCUT2D eigenvalue weighted by atomic mass is 35.5. The molecule has 2 aromatic carbocycles. The summed E-state index contributed by atoms with van der Waals surface area (Å²) in [5.74, 6) is -0.862. The molecule has 160 valence electrons. The first-order valence-corrected chi connectivity index (χ1v) is 10.7. The SMILES string of the molecule is CSCC(O)(C(Nc1cccc2nc(C)ccc12)c1ccc(O)c(Cl)c1)C(F)(F)F. The molecule has 2 unspecified atom stereocenters. The van der Waals surface area contributed by atoms with Gasteiger partial charge in [0.2, 0.25) is 0 Å². The smallest absolute Gasteiger partial charge is 0.420 e. The van der Waals surface area contributed by atoms with Crippen molar-refractivity contribution in [2.24, 2.45) is 0 Å². The number of alkyl halides is 3. The Labute approximate surface area is 181 Å². The molecule has 0 saturated heterocycles. The van der Waals surface area contributed by atoms with Crippen molar-refractivity contribution in [3.05, 3.63) is 64.8 Å². The average Bonchev–Trinajstić information content (AvgIpc) is 2.67. The lowest BCUT2D eigenvalue weighted by Gasteiger charge is -2.38. The summed E-state index contributed by atoms with van der Waals surface area (Å²) in [5.41, 5.74) is -1.24. The summed E-state index contributed by atoms with van der Waals surface area (Å²) in [6, 6.07) is 10.7. The van der Waals surface area contributed by atoms with Crippen LogP contribution < -0.4 is 5.32 Å². The summed E-state index contributed by atoms with van der Waals surface area (Å²) in [6.45, 7) is 1.82. The maximum Gasteiger partial charge on any atom is 0.420 e. The van der Waals surface area contributed by atoms with Crippen LogP contribution in [0.5, 0.6) is 5.75 Å². The molecule has 0 spiro atoms. The maximum absolute atomic E-state index is 14.1. The molecule has 1 aromatic heterocycles. The third-order valence-corrected chi connectivity index (χ3v) is 5.84. The van der Waals surface area contributed by atoms with Crippen LogP contribution in [0.15, 0.2) is 48.5 Å². The number of aromatic hydroxyl groups is 1. The van der Waals surface area contributed by atoms with Crippen molar-refractivity contribution in [3.8, 4) is 5.75 Å². The highest BCUT2D eigenvalue weighted by molar-refractivity contribution is 7.98. The van der Waals surface area contributed by atoms with Gasteiger partial charge in [-0.15, -0.1) is 0 Å². The second-order valence-corrected chi connectivity index (χ2v) is 8.24. The molecule has 3 N–H and O–H groups in total. The zero-order valence-electron chi connectivity index (χ0n) is 16.2.